The summed E-state index contributed by atoms with van der Waals surface area (Å²) in [6.07, 6.45) is 0. The Labute approximate surface area is 264 Å². The molecule has 0 bridgehead atoms. The number of hydrogen-bond donors (Lipinski definition) is 0. The topological polar surface area (TPSA) is 22.5 Å². The summed E-state index contributed by atoms with van der Waals surface area (Å²) >= 11 is 0. The summed E-state index contributed by atoms with van der Waals surface area (Å²) < 4.78 is 11.5. The molecule has 4 heterocycles. The molecule has 7 aromatic carbocycles. The molecule has 1 aliphatic heterocycles. The van der Waals surface area contributed by atoms with Gasteiger partial charge in [0.2, 0.25) is 6.71 Å². The molecule has 212 valence electrons. The van der Waals surface area contributed by atoms with Gasteiger partial charge in [-0.05, 0) is 51.7 Å². The minimum Gasteiger partial charge on any atom is -0.456 e. The first kappa shape index (κ1) is 24.3. The zero-order valence-electron chi connectivity index (χ0n) is 24.8. The maximum Gasteiger partial charge on any atom is 0.247 e. The Balaban J connectivity index is 1.38. The predicted molar refractivity (Wildman–Crippen MR) is 193 cm³/mol. The van der Waals surface area contributed by atoms with Crippen LogP contribution >= 0.6 is 0 Å². The van der Waals surface area contributed by atoms with Gasteiger partial charge in [-0.2, -0.15) is 0 Å². The van der Waals surface area contributed by atoms with Crippen LogP contribution in [0.1, 0.15) is 0 Å². The molecule has 11 rings (SSSR count). The van der Waals surface area contributed by atoms with Crippen LogP contribution in [-0.2, 0) is 0 Å². The fourth-order valence-electron chi connectivity index (χ4n) is 8.27. The maximum absolute atomic E-state index is 6.55. The van der Waals surface area contributed by atoms with E-state index in [-0.39, 0.29) is 6.71 Å². The fourth-order valence-corrected chi connectivity index (χ4v) is 8.27. The van der Waals surface area contributed by atoms with Crippen LogP contribution in [-0.4, -0.2) is 15.7 Å². The number of nitrogens with zero attached hydrogens (tertiary/aromatic N) is 2. The number of benzene rings is 7. The fraction of sp³-hybridized carbons (Fsp3) is 0. The number of hydrogen-bond acceptors (Lipinski definition) is 1. The lowest BCUT2D eigenvalue weighted by atomic mass is 9.34. The lowest BCUT2D eigenvalue weighted by molar-refractivity contribution is 0.668. The van der Waals surface area contributed by atoms with Crippen LogP contribution in [0.4, 0.5) is 0 Å². The summed E-state index contributed by atoms with van der Waals surface area (Å²) in [5.74, 6) is 0. The lowest BCUT2D eigenvalue weighted by Gasteiger charge is -2.31. The van der Waals surface area contributed by atoms with E-state index in [0.717, 1.165) is 33.3 Å². The molecule has 0 amide bonds. The second-order valence-corrected chi connectivity index (χ2v) is 12.5. The van der Waals surface area contributed by atoms with Crippen LogP contribution in [0.3, 0.4) is 0 Å². The van der Waals surface area contributed by atoms with E-state index in [1.165, 1.54) is 60.2 Å². The molecule has 46 heavy (non-hydrogen) atoms. The van der Waals surface area contributed by atoms with Crippen LogP contribution in [0, 0.1) is 0 Å². The van der Waals surface area contributed by atoms with Crippen molar-refractivity contribution in [3.8, 4) is 16.8 Å². The molecule has 10 aromatic rings. The Morgan fingerprint density at radius 2 is 1.28 bits per heavy atom. The molecule has 3 nitrogen and oxygen atoms in total. The smallest absolute Gasteiger partial charge is 0.247 e. The van der Waals surface area contributed by atoms with E-state index in [1.54, 1.807) is 0 Å². The molecular formula is C42H25BN2O. The third-order valence-corrected chi connectivity index (χ3v) is 10.2. The maximum atomic E-state index is 6.55. The van der Waals surface area contributed by atoms with Crippen molar-refractivity contribution in [2.75, 3.05) is 0 Å². The molecule has 0 atom stereocenters. The van der Waals surface area contributed by atoms with Crippen molar-refractivity contribution >= 4 is 83.4 Å². The average molecular weight is 584 g/mol. The second kappa shape index (κ2) is 8.80. The Morgan fingerprint density at radius 1 is 0.500 bits per heavy atom. The van der Waals surface area contributed by atoms with Crippen molar-refractivity contribution in [3.05, 3.63) is 152 Å². The zero-order valence-corrected chi connectivity index (χ0v) is 24.8. The molecule has 0 saturated heterocycles. The van der Waals surface area contributed by atoms with Gasteiger partial charge in [0.25, 0.3) is 0 Å². The molecule has 1 aliphatic rings. The van der Waals surface area contributed by atoms with Gasteiger partial charge in [-0.15, -0.1) is 0 Å². The highest BCUT2D eigenvalue weighted by molar-refractivity contribution is 6.98. The molecule has 0 spiro atoms. The van der Waals surface area contributed by atoms with E-state index >= 15 is 0 Å². The van der Waals surface area contributed by atoms with Crippen molar-refractivity contribution in [1.29, 1.82) is 0 Å². The third kappa shape index (κ3) is 3.08. The number of furan rings is 1. The quantitative estimate of drug-likeness (QED) is 0.187. The molecule has 0 unspecified atom stereocenters. The van der Waals surface area contributed by atoms with Gasteiger partial charge in [-0.3, -0.25) is 8.97 Å². The van der Waals surface area contributed by atoms with Gasteiger partial charge < -0.3 is 4.42 Å². The summed E-state index contributed by atoms with van der Waals surface area (Å²) in [6.45, 7) is 0.0177. The number of rotatable bonds is 2. The predicted octanol–water partition coefficient (Wildman–Crippen LogP) is 8.59. The number of para-hydroxylation sites is 2. The van der Waals surface area contributed by atoms with Crippen LogP contribution < -0.4 is 16.4 Å². The first-order valence-corrected chi connectivity index (χ1v) is 15.9. The monoisotopic (exact) mass is 584 g/mol. The lowest BCUT2D eigenvalue weighted by Crippen LogP contribution is -2.56. The first-order chi connectivity index (χ1) is 22.8. The van der Waals surface area contributed by atoms with Crippen LogP contribution in [0.15, 0.2) is 156 Å². The normalized spacial score (nSPS) is 12.7. The highest BCUT2D eigenvalue weighted by Gasteiger charge is 2.36. The Morgan fingerprint density at radius 3 is 2.24 bits per heavy atom. The van der Waals surface area contributed by atoms with Crippen molar-refractivity contribution in [1.82, 2.24) is 8.97 Å². The van der Waals surface area contributed by atoms with Crippen molar-refractivity contribution in [3.63, 3.8) is 0 Å². The number of aromatic nitrogens is 2. The minimum absolute atomic E-state index is 0.0177. The standard InChI is InChI=1S/C42H25BN2O/c1-2-11-26(12-3-1)29-15-5-7-17-32(29)43-33-22-21-27-14-10-19-36-41(27)42(33)45(40-23-28-13-4-8-18-35(28)44(36)40)37-25-39-31(24-34(37)43)30-16-6-9-20-38(30)46-39/h1-25H. The summed E-state index contributed by atoms with van der Waals surface area (Å²) in [5.41, 5.74) is 14.2. The van der Waals surface area contributed by atoms with Gasteiger partial charge in [0.15, 0.2) is 0 Å². The van der Waals surface area contributed by atoms with Crippen LogP contribution in [0.25, 0.3) is 77.1 Å². The number of fused-ring (bicyclic) bond motifs is 10. The summed E-state index contributed by atoms with van der Waals surface area (Å²) in [5, 5.41) is 6.06. The van der Waals surface area contributed by atoms with Crippen molar-refractivity contribution in [2.24, 2.45) is 0 Å². The molecule has 0 aliphatic carbocycles. The summed E-state index contributed by atoms with van der Waals surface area (Å²) in [7, 11) is 0. The zero-order chi connectivity index (χ0) is 29.9. The van der Waals surface area contributed by atoms with E-state index in [4.69, 9.17) is 4.42 Å². The third-order valence-electron chi connectivity index (χ3n) is 10.2. The Hall–Kier alpha value is -6.00. The van der Waals surface area contributed by atoms with Gasteiger partial charge in [-0.1, -0.05) is 127 Å². The van der Waals surface area contributed by atoms with Gasteiger partial charge in [0.1, 0.15) is 16.8 Å². The Kier molecular flexibility index (Phi) is 4.66. The van der Waals surface area contributed by atoms with E-state index in [0.29, 0.717) is 0 Å². The highest BCUT2D eigenvalue weighted by Crippen LogP contribution is 2.38. The van der Waals surface area contributed by atoms with E-state index in [2.05, 4.69) is 161 Å². The molecule has 0 fully saturated rings. The van der Waals surface area contributed by atoms with E-state index < -0.39 is 0 Å². The van der Waals surface area contributed by atoms with Crippen molar-refractivity contribution in [2.45, 2.75) is 0 Å². The van der Waals surface area contributed by atoms with E-state index in [9.17, 15) is 0 Å². The van der Waals surface area contributed by atoms with Crippen molar-refractivity contribution < 1.29 is 4.42 Å². The largest absolute Gasteiger partial charge is 0.456 e. The molecule has 3 aromatic heterocycles. The molecule has 0 saturated carbocycles. The van der Waals surface area contributed by atoms with Gasteiger partial charge >= 0.3 is 0 Å². The van der Waals surface area contributed by atoms with Gasteiger partial charge in [0.05, 0.1) is 16.6 Å². The summed E-state index contributed by atoms with van der Waals surface area (Å²) in [6, 6.07) is 55.4. The molecular weight excluding hydrogens is 559 g/mol. The second-order valence-electron chi connectivity index (χ2n) is 12.5. The van der Waals surface area contributed by atoms with Crippen LogP contribution in [0.2, 0.25) is 0 Å². The summed E-state index contributed by atoms with van der Waals surface area (Å²) in [4.78, 5) is 0. The first-order valence-electron chi connectivity index (χ1n) is 15.9. The molecule has 0 radical (unpaired) electrons. The molecule has 0 N–H and O–H groups in total. The SMILES string of the molecule is c1ccc(-c2ccccc2B2c3cc4c(cc3-n3c5c2ccc2cccc(c25)n2c5ccccc5cc32)oc2ccccc24)cc1. The minimum atomic E-state index is 0.0177. The average Bonchev–Trinajstić information content (AvgIpc) is 3.68. The molecule has 4 heteroatoms. The van der Waals surface area contributed by atoms with Gasteiger partial charge in [0, 0.05) is 33.3 Å². The Bertz CT molecular complexity index is 2870. The van der Waals surface area contributed by atoms with Gasteiger partial charge in [-0.25, -0.2) is 0 Å². The van der Waals surface area contributed by atoms with Crippen LogP contribution in [0.5, 0.6) is 0 Å². The highest BCUT2D eigenvalue weighted by atomic mass is 16.3. The van der Waals surface area contributed by atoms with E-state index in [1.807, 2.05) is 0 Å².